The average molecular weight is 447 g/mol. The molecule has 0 spiro atoms. The average Bonchev–Trinajstić information content (AvgIpc) is 2.78. The van der Waals surface area contributed by atoms with Crippen LogP contribution >= 0.6 is 0 Å². The number of fused-ring (bicyclic) bond motifs is 1. The minimum absolute atomic E-state index is 0.00161. The van der Waals surface area contributed by atoms with E-state index in [2.05, 4.69) is 13.8 Å². The Morgan fingerprint density at radius 1 is 0.781 bits per heavy atom. The zero-order valence-electron chi connectivity index (χ0n) is 20.4. The van der Waals surface area contributed by atoms with Crippen molar-refractivity contribution in [2.75, 3.05) is 6.61 Å². The molecular weight excluding hydrogens is 403 g/mol. The Bertz CT molecular complexity index is 827. The van der Waals surface area contributed by atoms with Crippen LogP contribution in [-0.2, 0) is 6.42 Å². The van der Waals surface area contributed by atoms with Gasteiger partial charge in [-0.05, 0) is 30.4 Å². The molecule has 0 aliphatic heterocycles. The smallest absolute Gasteiger partial charge is 0.346 e. The number of benzene rings is 1. The van der Waals surface area contributed by atoms with Gasteiger partial charge >= 0.3 is 5.63 Å². The van der Waals surface area contributed by atoms with Crippen LogP contribution in [-0.4, -0.2) is 6.61 Å². The van der Waals surface area contributed by atoms with Crippen LogP contribution in [0, 0.1) is 5.82 Å². The molecule has 0 bridgehead atoms. The molecule has 0 radical (unpaired) electrons. The van der Waals surface area contributed by atoms with Gasteiger partial charge in [0.15, 0.2) is 11.6 Å². The zero-order valence-corrected chi connectivity index (χ0v) is 20.4. The molecule has 1 heterocycles. The van der Waals surface area contributed by atoms with Crippen molar-refractivity contribution >= 4 is 10.8 Å². The van der Waals surface area contributed by atoms with Gasteiger partial charge in [0.05, 0.1) is 6.61 Å². The summed E-state index contributed by atoms with van der Waals surface area (Å²) in [6.07, 6.45) is 18.8. The molecule has 0 unspecified atom stereocenters. The first-order valence-corrected chi connectivity index (χ1v) is 13.0. The van der Waals surface area contributed by atoms with Gasteiger partial charge in [-0.3, -0.25) is 0 Å². The standard InChI is InChI=1S/C28H43FO3/c1-3-5-7-9-11-12-14-16-18-24-22-23-19-20-25(27(29)26(23)28(30)32-24)31-21-17-15-13-10-8-6-4-2/h19-20,22H,3-18,21H2,1-2H3. The molecule has 2 rings (SSSR count). The van der Waals surface area contributed by atoms with Crippen molar-refractivity contribution < 1.29 is 13.5 Å². The Balaban J connectivity index is 1.80. The zero-order chi connectivity index (χ0) is 23.0. The lowest BCUT2D eigenvalue weighted by molar-refractivity contribution is 0.291. The predicted molar refractivity (Wildman–Crippen MR) is 132 cm³/mol. The number of ether oxygens (including phenoxy) is 1. The van der Waals surface area contributed by atoms with Gasteiger partial charge in [-0.15, -0.1) is 0 Å². The fourth-order valence-electron chi connectivity index (χ4n) is 4.18. The molecule has 0 saturated carbocycles. The summed E-state index contributed by atoms with van der Waals surface area (Å²) in [6, 6.07) is 5.21. The van der Waals surface area contributed by atoms with E-state index in [1.807, 2.05) is 0 Å². The molecule has 0 aliphatic carbocycles. The minimum atomic E-state index is -0.601. The largest absolute Gasteiger partial charge is 0.490 e. The van der Waals surface area contributed by atoms with Crippen molar-refractivity contribution in [2.24, 2.45) is 0 Å². The third kappa shape index (κ3) is 9.34. The molecule has 1 aromatic heterocycles. The lowest BCUT2D eigenvalue weighted by Crippen LogP contribution is -2.07. The van der Waals surface area contributed by atoms with E-state index in [1.165, 1.54) is 70.6 Å². The molecule has 0 saturated heterocycles. The van der Waals surface area contributed by atoms with Crippen LogP contribution in [0.4, 0.5) is 4.39 Å². The Hall–Kier alpha value is -1.84. The van der Waals surface area contributed by atoms with Crippen molar-refractivity contribution in [3.63, 3.8) is 0 Å². The molecule has 0 N–H and O–H groups in total. The molecule has 0 aliphatic rings. The molecule has 2 aromatic rings. The maximum absolute atomic E-state index is 14.9. The van der Waals surface area contributed by atoms with Crippen molar-refractivity contribution in [3.8, 4) is 5.75 Å². The van der Waals surface area contributed by atoms with Gasteiger partial charge in [0.1, 0.15) is 11.1 Å². The Kier molecular flexibility index (Phi) is 13.1. The fraction of sp³-hybridized carbons (Fsp3) is 0.679. The third-order valence-corrected chi connectivity index (χ3v) is 6.17. The Morgan fingerprint density at radius 2 is 1.34 bits per heavy atom. The SMILES string of the molecule is CCCCCCCCCCc1cc2ccc(OCCCCCCCCC)c(F)c2c(=O)o1. The minimum Gasteiger partial charge on any atom is -0.490 e. The number of hydrogen-bond donors (Lipinski definition) is 0. The molecule has 3 nitrogen and oxygen atoms in total. The van der Waals surface area contributed by atoms with E-state index < -0.39 is 11.4 Å². The van der Waals surface area contributed by atoms with Crippen LogP contribution < -0.4 is 10.4 Å². The fourth-order valence-corrected chi connectivity index (χ4v) is 4.18. The van der Waals surface area contributed by atoms with Crippen molar-refractivity contribution in [3.05, 3.63) is 40.2 Å². The Labute approximate surface area is 193 Å². The van der Waals surface area contributed by atoms with Gasteiger partial charge in [-0.2, -0.15) is 0 Å². The highest BCUT2D eigenvalue weighted by Crippen LogP contribution is 2.25. The predicted octanol–water partition coefficient (Wildman–Crippen LogP) is 8.74. The van der Waals surface area contributed by atoms with E-state index in [1.54, 1.807) is 18.2 Å². The van der Waals surface area contributed by atoms with Gasteiger partial charge in [-0.1, -0.05) is 103 Å². The van der Waals surface area contributed by atoms with Gasteiger partial charge in [0.25, 0.3) is 0 Å². The van der Waals surface area contributed by atoms with E-state index in [-0.39, 0.29) is 11.1 Å². The van der Waals surface area contributed by atoms with E-state index in [0.717, 1.165) is 32.1 Å². The number of rotatable bonds is 18. The van der Waals surface area contributed by atoms with Gasteiger partial charge in [0, 0.05) is 6.42 Å². The van der Waals surface area contributed by atoms with Crippen molar-refractivity contribution in [1.82, 2.24) is 0 Å². The van der Waals surface area contributed by atoms with Gasteiger partial charge in [0.2, 0.25) is 0 Å². The summed E-state index contributed by atoms with van der Waals surface area (Å²) >= 11 is 0. The second kappa shape index (κ2) is 15.9. The lowest BCUT2D eigenvalue weighted by atomic mass is 10.1. The first kappa shape index (κ1) is 26.4. The number of unbranched alkanes of at least 4 members (excludes halogenated alkanes) is 13. The van der Waals surface area contributed by atoms with Gasteiger partial charge in [-0.25, -0.2) is 9.18 Å². The highest BCUT2D eigenvalue weighted by atomic mass is 19.1. The van der Waals surface area contributed by atoms with E-state index >= 15 is 0 Å². The number of hydrogen-bond acceptors (Lipinski definition) is 3. The molecule has 0 amide bonds. The maximum Gasteiger partial charge on any atom is 0.346 e. The second-order valence-corrected chi connectivity index (χ2v) is 9.04. The van der Waals surface area contributed by atoms with E-state index in [9.17, 15) is 9.18 Å². The molecular formula is C28H43FO3. The van der Waals surface area contributed by atoms with E-state index in [4.69, 9.17) is 9.15 Å². The molecule has 1 aromatic carbocycles. The summed E-state index contributed by atoms with van der Waals surface area (Å²) in [5.41, 5.74) is -0.601. The summed E-state index contributed by atoms with van der Waals surface area (Å²) in [5.74, 6) is 0.189. The molecule has 0 fully saturated rings. The van der Waals surface area contributed by atoms with Crippen LogP contribution in [0.15, 0.2) is 27.4 Å². The maximum atomic E-state index is 14.9. The van der Waals surface area contributed by atoms with Crippen LogP contribution in [0.5, 0.6) is 5.75 Å². The molecule has 0 atom stereocenters. The highest BCUT2D eigenvalue weighted by Gasteiger charge is 2.14. The summed E-state index contributed by atoms with van der Waals surface area (Å²) in [5, 5.41) is 0.596. The first-order valence-electron chi connectivity index (χ1n) is 13.0. The van der Waals surface area contributed by atoms with Crippen LogP contribution in [0.2, 0.25) is 0 Å². The summed E-state index contributed by atoms with van der Waals surface area (Å²) in [4.78, 5) is 12.4. The van der Waals surface area contributed by atoms with Crippen molar-refractivity contribution in [2.45, 2.75) is 117 Å². The third-order valence-electron chi connectivity index (χ3n) is 6.17. The normalized spacial score (nSPS) is 11.3. The van der Waals surface area contributed by atoms with E-state index in [0.29, 0.717) is 17.8 Å². The molecule has 4 heteroatoms. The van der Waals surface area contributed by atoms with Crippen LogP contribution in [0.1, 0.15) is 116 Å². The van der Waals surface area contributed by atoms with Crippen LogP contribution in [0.25, 0.3) is 10.8 Å². The number of aryl methyl sites for hydroxylation is 1. The first-order chi connectivity index (χ1) is 15.7. The number of halogens is 1. The summed E-state index contributed by atoms with van der Waals surface area (Å²) in [6.45, 7) is 4.91. The molecule has 32 heavy (non-hydrogen) atoms. The topological polar surface area (TPSA) is 39.4 Å². The van der Waals surface area contributed by atoms with Crippen molar-refractivity contribution in [1.29, 1.82) is 0 Å². The lowest BCUT2D eigenvalue weighted by Gasteiger charge is -2.09. The van der Waals surface area contributed by atoms with Gasteiger partial charge < -0.3 is 9.15 Å². The summed E-state index contributed by atoms with van der Waals surface area (Å²) < 4.78 is 25.9. The monoisotopic (exact) mass is 446 g/mol. The molecule has 180 valence electrons. The van der Waals surface area contributed by atoms with Crippen LogP contribution in [0.3, 0.4) is 0 Å². The summed E-state index contributed by atoms with van der Waals surface area (Å²) in [7, 11) is 0. The quantitative estimate of drug-likeness (QED) is 0.215. The highest BCUT2D eigenvalue weighted by molar-refractivity contribution is 5.83. The second-order valence-electron chi connectivity index (χ2n) is 9.04. The Morgan fingerprint density at radius 3 is 1.97 bits per heavy atom.